The molecule has 0 bridgehead atoms. The highest BCUT2D eigenvalue weighted by atomic mass is 32.2. The summed E-state index contributed by atoms with van der Waals surface area (Å²) in [7, 11) is -3.53. The highest BCUT2D eigenvalue weighted by molar-refractivity contribution is 7.89. The summed E-state index contributed by atoms with van der Waals surface area (Å²) in [5, 5.41) is 0.839. The van der Waals surface area contributed by atoms with Crippen LogP contribution in [-0.4, -0.2) is 42.6 Å². The van der Waals surface area contributed by atoms with Gasteiger partial charge in [0.2, 0.25) is 10.0 Å². The van der Waals surface area contributed by atoms with Crippen LogP contribution in [0.3, 0.4) is 0 Å². The summed E-state index contributed by atoms with van der Waals surface area (Å²) in [6.07, 6.45) is 1.71. The Morgan fingerprint density at radius 2 is 1.60 bits per heavy atom. The first-order valence-electron chi connectivity index (χ1n) is 9.69. The Hall–Kier alpha value is -2.30. The van der Waals surface area contributed by atoms with Gasteiger partial charge in [0.15, 0.2) is 0 Å². The molecule has 162 valence electrons. The fraction of sp³-hybridized carbons (Fsp3) is 0.450. The molecule has 0 saturated carbocycles. The Labute approximate surface area is 180 Å². The molecule has 1 fully saturated rings. The first-order chi connectivity index (χ1) is 14.0. The quantitative estimate of drug-likeness (QED) is 0.696. The summed E-state index contributed by atoms with van der Waals surface area (Å²) in [5.41, 5.74) is 5.44. The van der Waals surface area contributed by atoms with Crippen molar-refractivity contribution in [3.05, 3.63) is 45.4 Å². The maximum atomic E-state index is 12.6. The van der Waals surface area contributed by atoms with Crippen molar-refractivity contribution in [2.45, 2.75) is 50.8 Å². The molecule has 10 heteroatoms. The SMILES string of the molecule is Cc1nc(C(C)(C)C)sc1C(=O)NNC(=O)c1ccc(S(=O)(=O)N2CCCC2)cc1. The molecule has 1 aromatic carbocycles. The highest BCUT2D eigenvalue weighted by Crippen LogP contribution is 2.29. The van der Waals surface area contributed by atoms with E-state index in [-0.39, 0.29) is 15.9 Å². The van der Waals surface area contributed by atoms with E-state index in [1.807, 2.05) is 20.8 Å². The molecule has 1 aromatic heterocycles. The van der Waals surface area contributed by atoms with Crippen LogP contribution in [0, 0.1) is 6.92 Å². The van der Waals surface area contributed by atoms with E-state index >= 15 is 0 Å². The largest absolute Gasteiger partial charge is 0.281 e. The van der Waals surface area contributed by atoms with Crippen LogP contribution in [0.2, 0.25) is 0 Å². The molecule has 0 radical (unpaired) electrons. The number of carbonyl (C=O) groups is 2. The Morgan fingerprint density at radius 1 is 1.03 bits per heavy atom. The summed E-state index contributed by atoms with van der Waals surface area (Å²) in [6, 6.07) is 5.68. The number of rotatable bonds is 4. The van der Waals surface area contributed by atoms with Gasteiger partial charge in [-0.25, -0.2) is 13.4 Å². The lowest BCUT2D eigenvalue weighted by Crippen LogP contribution is -2.41. The minimum absolute atomic E-state index is 0.153. The molecular formula is C20H26N4O4S2. The number of aromatic nitrogens is 1. The van der Waals surface area contributed by atoms with Gasteiger partial charge in [-0.1, -0.05) is 20.8 Å². The fourth-order valence-electron chi connectivity index (χ4n) is 3.03. The number of sulfonamides is 1. The van der Waals surface area contributed by atoms with Gasteiger partial charge in [-0.05, 0) is 44.0 Å². The van der Waals surface area contributed by atoms with Gasteiger partial charge in [-0.3, -0.25) is 20.4 Å². The van der Waals surface area contributed by atoms with E-state index in [1.54, 1.807) is 6.92 Å². The van der Waals surface area contributed by atoms with Gasteiger partial charge < -0.3 is 0 Å². The number of thiazole rings is 1. The summed E-state index contributed by atoms with van der Waals surface area (Å²) < 4.78 is 26.6. The van der Waals surface area contributed by atoms with E-state index in [4.69, 9.17) is 0 Å². The van der Waals surface area contributed by atoms with Gasteiger partial charge in [-0.15, -0.1) is 11.3 Å². The third-order valence-corrected chi connectivity index (χ3v) is 8.25. The molecular weight excluding hydrogens is 424 g/mol. The molecule has 1 aliphatic heterocycles. The average molecular weight is 451 g/mol. The zero-order chi connectivity index (χ0) is 22.1. The molecule has 1 saturated heterocycles. The number of benzene rings is 1. The van der Waals surface area contributed by atoms with Gasteiger partial charge >= 0.3 is 0 Å². The molecule has 1 aliphatic rings. The van der Waals surface area contributed by atoms with Gasteiger partial charge in [0.05, 0.1) is 15.6 Å². The number of nitrogens with zero attached hydrogens (tertiary/aromatic N) is 2. The van der Waals surface area contributed by atoms with Crippen LogP contribution < -0.4 is 10.9 Å². The molecule has 0 unspecified atom stereocenters. The second-order valence-electron chi connectivity index (χ2n) is 8.23. The summed E-state index contributed by atoms with van der Waals surface area (Å²) in [4.78, 5) is 29.8. The zero-order valence-electron chi connectivity index (χ0n) is 17.5. The van der Waals surface area contributed by atoms with Crippen molar-refractivity contribution >= 4 is 33.2 Å². The number of hydrogen-bond donors (Lipinski definition) is 2. The molecule has 2 aromatic rings. The zero-order valence-corrected chi connectivity index (χ0v) is 19.1. The Balaban J connectivity index is 1.64. The van der Waals surface area contributed by atoms with Crippen molar-refractivity contribution in [1.82, 2.24) is 20.1 Å². The summed E-state index contributed by atoms with van der Waals surface area (Å²) in [6.45, 7) is 8.84. The first-order valence-corrected chi connectivity index (χ1v) is 11.9. The third-order valence-electron chi connectivity index (χ3n) is 4.75. The standard InChI is InChI=1S/C20H26N4O4S2/c1-13-16(29-19(21-13)20(2,3)4)18(26)23-22-17(25)14-7-9-15(10-8-14)30(27,28)24-11-5-6-12-24/h7-10H,5-6,11-12H2,1-4H3,(H,22,25)(H,23,26). The monoisotopic (exact) mass is 450 g/mol. The molecule has 0 aliphatic carbocycles. The maximum absolute atomic E-state index is 12.6. The van der Waals surface area contributed by atoms with E-state index in [0.717, 1.165) is 17.8 Å². The van der Waals surface area contributed by atoms with Crippen LogP contribution >= 0.6 is 11.3 Å². The van der Waals surface area contributed by atoms with Crippen molar-refractivity contribution in [3.63, 3.8) is 0 Å². The lowest BCUT2D eigenvalue weighted by molar-refractivity contribution is 0.0848. The number of hydrazine groups is 1. The van der Waals surface area contributed by atoms with Crippen LogP contribution in [0.1, 0.15) is 64.3 Å². The molecule has 30 heavy (non-hydrogen) atoms. The van der Waals surface area contributed by atoms with E-state index in [0.29, 0.717) is 23.7 Å². The van der Waals surface area contributed by atoms with E-state index in [9.17, 15) is 18.0 Å². The fourth-order valence-corrected chi connectivity index (χ4v) is 5.56. The summed E-state index contributed by atoms with van der Waals surface area (Å²) in [5.74, 6) is -0.978. The van der Waals surface area contributed by atoms with Gasteiger partial charge in [-0.2, -0.15) is 4.31 Å². The van der Waals surface area contributed by atoms with Crippen LogP contribution in [-0.2, 0) is 15.4 Å². The van der Waals surface area contributed by atoms with Crippen molar-refractivity contribution in [2.24, 2.45) is 0 Å². The predicted octanol–water partition coefficient (Wildman–Crippen LogP) is 2.61. The van der Waals surface area contributed by atoms with Crippen LogP contribution in [0.25, 0.3) is 0 Å². The number of carbonyl (C=O) groups excluding carboxylic acids is 2. The maximum Gasteiger partial charge on any atom is 0.281 e. The summed E-state index contributed by atoms with van der Waals surface area (Å²) >= 11 is 1.29. The molecule has 2 amide bonds. The predicted molar refractivity (Wildman–Crippen MR) is 115 cm³/mol. The minimum Gasteiger partial charge on any atom is -0.267 e. The van der Waals surface area contributed by atoms with Crippen molar-refractivity contribution in [3.8, 4) is 0 Å². The van der Waals surface area contributed by atoms with Crippen molar-refractivity contribution < 1.29 is 18.0 Å². The van der Waals surface area contributed by atoms with Crippen LogP contribution in [0.15, 0.2) is 29.2 Å². The van der Waals surface area contributed by atoms with Crippen LogP contribution in [0.4, 0.5) is 0 Å². The van der Waals surface area contributed by atoms with Gasteiger partial charge in [0.1, 0.15) is 4.88 Å². The molecule has 8 nitrogen and oxygen atoms in total. The molecule has 0 atom stereocenters. The normalized spacial score (nSPS) is 15.2. The molecule has 0 spiro atoms. The Morgan fingerprint density at radius 3 is 2.13 bits per heavy atom. The molecule has 2 heterocycles. The van der Waals surface area contributed by atoms with Crippen LogP contribution in [0.5, 0.6) is 0 Å². The second kappa shape index (κ2) is 8.44. The van der Waals surface area contributed by atoms with E-state index in [2.05, 4.69) is 15.8 Å². The van der Waals surface area contributed by atoms with Crippen molar-refractivity contribution in [1.29, 1.82) is 0 Å². The number of aryl methyl sites for hydroxylation is 1. The van der Waals surface area contributed by atoms with Gasteiger partial charge in [0, 0.05) is 24.1 Å². The molecule has 3 rings (SSSR count). The van der Waals surface area contributed by atoms with Crippen molar-refractivity contribution in [2.75, 3.05) is 13.1 Å². The molecule has 2 N–H and O–H groups in total. The number of nitrogens with one attached hydrogen (secondary N) is 2. The lowest BCUT2D eigenvalue weighted by atomic mass is 9.98. The topological polar surface area (TPSA) is 108 Å². The van der Waals surface area contributed by atoms with E-state index in [1.165, 1.54) is 39.9 Å². The van der Waals surface area contributed by atoms with Gasteiger partial charge in [0.25, 0.3) is 11.8 Å². The Bertz CT molecular complexity index is 1050. The number of hydrogen-bond acceptors (Lipinski definition) is 6. The lowest BCUT2D eigenvalue weighted by Gasteiger charge is -2.15. The smallest absolute Gasteiger partial charge is 0.267 e. The first kappa shape index (κ1) is 22.4. The Kier molecular flexibility index (Phi) is 6.30. The van der Waals surface area contributed by atoms with E-state index < -0.39 is 21.8 Å². The highest BCUT2D eigenvalue weighted by Gasteiger charge is 2.27. The number of amides is 2. The minimum atomic E-state index is -3.53. The average Bonchev–Trinajstić information content (AvgIpc) is 3.36. The second-order valence-corrected chi connectivity index (χ2v) is 11.2. The third kappa shape index (κ3) is 4.71.